The molecule has 0 saturated carbocycles. The highest BCUT2D eigenvalue weighted by Crippen LogP contribution is 2.29. The first kappa shape index (κ1) is 16.2. The Balaban J connectivity index is 1.63. The van der Waals surface area contributed by atoms with E-state index in [1.807, 2.05) is 24.3 Å². The molecule has 2 aliphatic rings. The minimum atomic E-state index is -0.325. The molecule has 2 heterocycles. The number of piperidine rings is 1. The Morgan fingerprint density at radius 3 is 2.78 bits per heavy atom. The zero-order chi connectivity index (χ0) is 16.4. The van der Waals surface area contributed by atoms with Crippen molar-refractivity contribution in [1.29, 1.82) is 0 Å². The molecule has 2 aliphatic heterocycles. The third-order valence-corrected chi connectivity index (χ3v) is 4.96. The van der Waals surface area contributed by atoms with E-state index in [2.05, 4.69) is 10.9 Å². The van der Waals surface area contributed by atoms with Gasteiger partial charge in [-0.2, -0.15) is 0 Å². The first-order valence-electron chi connectivity index (χ1n) is 7.90. The van der Waals surface area contributed by atoms with Crippen molar-refractivity contribution in [3.05, 3.63) is 34.9 Å². The van der Waals surface area contributed by atoms with Crippen LogP contribution in [0.5, 0.6) is 0 Å². The smallest absolute Gasteiger partial charge is 0.241 e. The summed E-state index contributed by atoms with van der Waals surface area (Å²) in [6, 6.07) is 7.29. The van der Waals surface area contributed by atoms with Gasteiger partial charge in [-0.3, -0.25) is 9.59 Å². The fraction of sp³-hybridized carbons (Fsp3) is 0.500. The molecule has 3 unspecified atom stereocenters. The minimum Gasteiger partial charge on any atom is -0.369 e. The molecular weight excluding hydrogens is 316 g/mol. The summed E-state index contributed by atoms with van der Waals surface area (Å²) in [5.41, 5.74) is 12.6. The van der Waals surface area contributed by atoms with E-state index in [1.165, 1.54) is 0 Å². The topological polar surface area (TPSA) is 87.5 Å². The quantitative estimate of drug-likeness (QED) is 0.767. The lowest BCUT2D eigenvalue weighted by molar-refractivity contribution is -0.136. The normalized spacial score (nSPS) is 27.9. The zero-order valence-corrected chi connectivity index (χ0v) is 13.6. The van der Waals surface area contributed by atoms with Crippen LogP contribution in [0.15, 0.2) is 24.3 Å². The molecule has 2 saturated heterocycles. The standard InChI is InChI=1S/C16H21ClN4O2/c17-12-6-2-1-5-11(12)13-8-14(20-19-13)16(23)21-7-3-4-10(9-21)15(18)22/h1-2,5-6,10,13-14,19-20H,3-4,7-9H2,(H2,18,22). The first-order chi connectivity index (χ1) is 11.1. The first-order valence-corrected chi connectivity index (χ1v) is 8.27. The van der Waals surface area contributed by atoms with Crippen LogP contribution in [0.25, 0.3) is 0 Å². The summed E-state index contributed by atoms with van der Waals surface area (Å²) in [6.45, 7) is 1.10. The Morgan fingerprint density at radius 2 is 2.04 bits per heavy atom. The van der Waals surface area contributed by atoms with Crippen molar-refractivity contribution in [2.24, 2.45) is 11.7 Å². The molecule has 2 fully saturated rings. The van der Waals surface area contributed by atoms with Crippen LogP contribution in [0.3, 0.4) is 0 Å². The Kier molecular flexibility index (Phi) is 4.84. The molecule has 2 amide bonds. The fourth-order valence-electron chi connectivity index (χ4n) is 3.31. The van der Waals surface area contributed by atoms with Gasteiger partial charge in [0.2, 0.25) is 11.8 Å². The number of rotatable bonds is 3. The molecule has 124 valence electrons. The second kappa shape index (κ2) is 6.86. The van der Waals surface area contributed by atoms with Crippen molar-refractivity contribution in [3.8, 4) is 0 Å². The molecule has 0 bridgehead atoms. The lowest BCUT2D eigenvalue weighted by Gasteiger charge is -2.32. The van der Waals surface area contributed by atoms with Crippen LogP contribution >= 0.6 is 11.6 Å². The monoisotopic (exact) mass is 336 g/mol. The van der Waals surface area contributed by atoms with Gasteiger partial charge in [-0.1, -0.05) is 29.8 Å². The van der Waals surface area contributed by atoms with Gasteiger partial charge in [0.05, 0.1) is 5.92 Å². The van der Waals surface area contributed by atoms with Gasteiger partial charge >= 0.3 is 0 Å². The van der Waals surface area contributed by atoms with Gasteiger partial charge in [-0.15, -0.1) is 0 Å². The second-order valence-corrected chi connectivity index (χ2v) is 6.58. The summed E-state index contributed by atoms with van der Waals surface area (Å²) in [4.78, 5) is 25.8. The molecular formula is C16H21ClN4O2. The molecule has 3 atom stereocenters. The van der Waals surface area contributed by atoms with Crippen LogP contribution in [0.4, 0.5) is 0 Å². The molecule has 0 spiro atoms. The van der Waals surface area contributed by atoms with Gasteiger partial charge in [0.15, 0.2) is 0 Å². The molecule has 4 N–H and O–H groups in total. The lowest BCUT2D eigenvalue weighted by Crippen LogP contribution is -2.50. The van der Waals surface area contributed by atoms with E-state index in [0.717, 1.165) is 18.4 Å². The summed E-state index contributed by atoms with van der Waals surface area (Å²) in [5, 5.41) is 0.687. The number of hydrazine groups is 1. The van der Waals surface area contributed by atoms with Gasteiger partial charge in [0.25, 0.3) is 0 Å². The largest absolute Gasteiger partial charge is 0.369 e. The Labute approximate surface area is 140 Å². The zero-order valence-electron chi connectivity index (χ0n) is 12.8. The van der Waals surface area contributed by atoms with Crippen molar-refractivity contribution >= 4 is 23.4 Å². The predicted molar refractivity (Wildman–Crippen MR) is 87.4 cm³/mol. The maximum Gasteiger partial charge on any atom is 0.241 e. The van der Waals surface area contributed by atoms with Crippen LogP contribution in [0.2, 0.25) is 5.02 Å². The molecule has 23 heavy (non-hydrogen) atoms. The van der Waals surface area contributed by atoms with Crippen molar-refractivity contribution < 1.29 is 9.59 Å². The van der Waals surface area contributed by atoms with Crippen LogP contribution in [-0.4, -0.2) is 35.8 Å². The summed E-state index contributed by atoms with van der Waals surface area (Å²) in [7, 11) is 0. The van der Waals surface area contributed by atoms with Crippen molar-refractivity contribution in [1.82, 2.24) is 15.8 Å². The van der Waals surface area contributed by atoms with E-state index in [4.69, 9.17) is 17.3 Å². The number of primary amides is 1. The molecule has 1 aromatic rings. The van der Waals surface area contributed by atoms with Crippen LogP contribution in [-0.2, 0) is 9.59 Å². The third-order valence-electron chi connectivity index (χ3n) is 4.62. The Bertz CT molecular complexity index is 609. The van der Waals surface area contributed by atoms with Gasteiger partial charge in [-0.25, -0.2) is 10.9 Å². The van der Waals surface area contributed by atoms with E-state index in [9.17, 15) is 9.59 Å². The molecule has 7 heteroatoms. The highest BCUT2D eigenvalue weighted by Gasteiger charge is 2.36. The third kappa shape index (κ3) is 3.49. The minimum absolute atomic E-state index is 0.00521. The van der Waals surface area contributed by atoms with Gasteiger partial charge in [-0.05, 0) is 30.9 Å². The lowest BCUT2D eigenvalue weighted by atomic mass is 9.96. The Hall–Kier alpha value is -1.63. The van der Waals surface area contributed by atoms with Crippen molar-refractivity contribution in [2.45, 2.75) is 31.3 Å². The number of likely N-dealkylation sites (tertiary alicyclic amines) is 1. The van der Waals surface area contributed by atoms with E-state index in [-0.39, 0.29) is 29.8 Å². The van der Waals surface area contributed by atoms with E-state index >= 15 is 0 Å². The molecule has 1 aromatic carbocycles. The van der Waals surface area contributed by atoms with Crippen LogP contribution in [0.1, 0.15) is 30.9 Å². The van der Waals surface area contributed by atoms with Crippen molar-refractivity contribution in [3.63, 3.8) is 0 Å². The number of halogens is 1. The predicted octanol–water partition coefficient (Wildman–Crippen LogP) is 0.971. The maximum absolute atomic E-state index is 12.7. The Morgan fingerprint density at radius 1 is 1.26 bits per heavy atom. The average molecular weight is 337 g/mol. The highest BCUT2D eigenvalue weighted by molar-refractivity contribution is 6.31. The SMILES string of the molecule is NC(=O)C1CCCN(C(=O)C2CC(c3ccccc3Cl)NN2)C1. The summed E-state index contributed by atoms with van der Waals surface area (Å²) in [5.74, 6) is -0.548. The number of carbonyl (C=O) groups is 2. The molecule has 0 aliphatic carbocycles. The number of benzene rings is 1. The number of hydrogen-bond donors (Lipinski definition) is 3. The number of carbonyl (C=O) groups excluding carboxylic acids is 2. The molecule has 0 aromatic heterocycles. The van der Waals surface area contributed by atoms with Crippen molar-refractivity contribution in [2.75, 3.05) is 13.1 Å². The van der Waals surface area contributed by atoms with Crippen LogP contribution in [0, 0.1) is 5.92 Å². The number of nitrogens with zero attached hydrogens (tertiary/aromatic N) is 1. The second-order valence-electron chi connectivity index (χ2n) is 6.18. The summed E-state index contributed by atoms with van der Waals surface area (Å²) in [6.07, 6.45) is 2.20. The van der Waals surface area contributed by atoms with E-state index in [0.29, 0.717) is 24.5 Å². The fourth-order valence-corrected chi connectivity index (χ4v) is 3.58. The number of nitrogens with two attached hydrogens (primary N) is 1. The van der Waals surface area contributed by atoms with Gasteiger partial charge in [0, 0.05) is 24.2 Å². The number of amides is 2. The number of hydrogen-bond acceptors (Lipinski definition) is 4. The van der Waals surface area contributed by atoms with E-state index < -0.39 is 0 Å². The van der Waals surface area contributed by atoms with Gasteiger partial charge in [0.1, 0.15) is 6.04 Å². The maximum atomic E-state index is 12.7. The van der Waals surface area contributed by atoms with Crippen LogP contribution < -0.4 is 16.6 Å². The summed E-state index contributed by atoms with van der Waals surface area (Å²) < 4.78 is 0. The average Bonchev–Trinajstić information content (AvgIpc) is 3.04. The van der Waals surface area contributed by atoms with E-state index in [1.54, 1.807) is 4.90 Å². The molecule has 0 radical (unpaired) electrons. The highest BCUT2D eigenvalue weighted by atomic mass is 35.5. The molecule has 3 rings (SSSR count). The number of nitrogens with one attached hydrogen (secondary N) is 2. The summed E-state index contributed by atoms with van der Waals surface area (Å²) >= 11 is 6.22. The molecule has 6 nitrogen and oxygen atoms in total. The van der Waals surface area contributed by atoms with Gasteiger partial charge < -0.3 is 10.6 Å².